The molecule has 4 rings (SSSR count). The van der Waals surface area contributed by atoms with Crippen LogP contribution in [0.5, 0.6) is 0 Å². The van der Waals surface area contributed by atoms with E-state index >= 15 is 0 Å². The third-order valence-electron chi connectivity index (χ3n) is 5.26. The van der Waals surface area contributed by atoms with Crippen LogP contribution in [0, 0.1) is 17.3 Å². The standard InChI is InChI=1S/C14H21NO3S/c1-19-12(18)15-14-5-9-2-10(6-14)4-13(3-9,8-14)7-11(16)17/h9-10H,2-8H2,1H3,(H,15,18)(H,16,17)/t9-,10-,13?,14?/m1/s1. The number of carboxylic acids is 1. The molecule has 19 heavy (non-hydrogen) atoms. The fourth-order valence-corrected chi connectivity index (χ4v) is 5.71. The fraction of sp³-hybridized carbons (Fsp3) is 0.857. The van der Waals surface area contributed by atoms with Gasteiger partial charge >= 0.3 is 5.97 Å². The van der Waals surface area contributed by atoms with Crippen molar-refractivity contribution < 1.29 is 14.7 Å². The summed E-state index contributed by atoms with van der Waals surface area (Å²) in [7, 11) is 0. The lowest BCUT2D eigenvalue weighted by Crippen LogP contribution is -2.62. The first kappa shape index (κ1) is 13.3. The molecular weight excluding hydrogens is 262 g/mol. The molecule has 5 heteroatoms. The molecule has 0 aromatic carbocycles. The second-order valence-corrected chi connectivity index (χ2v) is 7.71. The Bertz CT molecular complexity index is 409. The molecule has 4 fully saturated rings. The van der Waals surface area contributed by atoms with Crippen LogP contribution in [0.15, 0.2) is 0 Å². The Kier molecular flexibility index (Phi) is 3.08. The zero-order valence-corrected chi connectivity index (χ0v) is 12.1. The molecular formula is C14H21NO3S. The summed E-state index contributed by atoms with van der Waals surface area (Å²) < 4.78 is 0. The summed E-state index contributed by atoms with van der Waals surface area (Å²) in [6, 6.07) is 0. The third-order valence-corrected chi connectivity index (χ3v) is 5.73. The minimum atomic E-state index is -0.687. The first-order chi connectivity index (χ1) is 8.94. The van der Waals surface area contributed by atoms with Crippen molar-refractivity contribution in [3.05, 3.63) is 0 Å². The summed E-state index contributed by atoms with van der Waals surface area (Å²) in [6.45, 7) is 0. The first-order valence-electron chi connectivity index (χ1n) is 7.02. The van der Waals surface area contributed by atoms with E-state index in [-0.39, 0.29) is 22.6 Å². The molecule has 4 aliphatic rings. The number of carboxylic acid groups (broad SMARTS) is 1. The molecule has 1 amide bonds. The van der Waals surface area contributed by atoms with Gasteiger partial charge in [0.1, 0.15) is 0 Å². The van der Waals surface area contributed by atoms with Crippen LogP contribution in [0.3, 0.4) is 0 Å². The molecule has 0 spiro atoms. The Balaban J connectivity index is 1.84. The zero-order chi connectivity index (χ0) is 13.7. The number of nitrogens with one attached hydrogen (secondary N) is 1. The van der Waals surface area contributed by atoms with Gasteiger partial charge in [0.2, 0.25) is 0 Å². The number of rotatable bonds is 3. The lowest BCUT2D eigenvalue weighted by Gasteiger charge is -2.62. The van der Waals surface area contributed by atoms with E-state index in [4.69, 9.17) is 0 Å². The number of hydrogen-bond donors (Lipinski definition) is 2. The summed E-state index contributed by atoms with van der Waals surface area (Å²) in [5.74, 6) is 0.541. The number of hydrogen-bond acceptors (Lipinski definition) is 3. The van der Waals surface area contributed by atoms with Crippen molar-refractivity contribution in [3.8, 4) is 0 Å². The molecule has 4 saturated carbocycles. The Hall–Kier alpha value is -0.710. The van der Waals surface area contributed by atoms with Gasteiger partial charge in [0.25, 0.3) is 5.24 Å². The van der Waals surface area contributed by atoms with Crippen LogP contribution in [0.4, 0.5) is 4.79 Å². The van der Waals surface area contributed by atoms with Crippen LogP contribution in [-0.4, -0.2) is 28.1 Å². The molecule has 0 aliphatic heterocycles. The Morgan fingerprint density at radius 2 is 1.89 bits per heavy atom. The van der Waals surface area contributed by atoms with E-state index in [9.17, 15) is 14.7 Å². The number of thioether (sulfide) groups is 1. The minimum absolute atomic E-state index is 0.0347. The van der Waals surface area contributed by atoms with Gasteiger partial charge in [0.15, 0.2) is 0 Å². The average molecular weight is 283 g/mol. The topological polar surface area (TPSA) is 66.4 Å². The summed E-state index contributed by atoms with van der Waals surface area (Å²) in [6.07, 6.45) is 8.37. The first-order valence-corrected chi connectivity index (χ1v) is 8.25. The number of aliphatic carboxylic acids is 1. The number of carbonyl (C=O) groups excluding carboxylic acids is 1. The molecule has 0 aromatic heterocycles. The second kappa shape index (κ2) is 4.40. The van der Waals surface area contributed by atoms with Gasteiger partial charge in [-0.1, -0.05) is 11.8 Å². The van der Waals surface area contributed by atoms with Crippen LogP contribution in [0.25, 0.3) is 0 Å². The van der Waals surface area contributed by atoms with Crippen molar-refractivity contribution in [2.45, 2.75) is 50.5 Å². The van der Waals surface area contributed by atoms with Gasteiger partial charge in [-0.05, 0) is 62.0 Å². The maximum Gasteiger partial charge on any atom is 0.303 e. The fourth-order valence-electron chi connectivity index (χ4n) is 5.39. The van der Waals surface area contributed by atoms with Crippen molar-refractivity contribution in [1.82, 2.24) is 5.32 Å². The maximum absolute atomic E-state index is 11.8. The van der Waals surface area contributed by atoms with Gasteiger partial charge in [-0.15, -0.1) is 0 Å². The maximum atomic E-state index is 11.8. The van der Waals surface area contributed by atoms with Crippen LogP contribution in [0.2, 0.25) is 0 Å². The van der Waals surface area contributed by atoms with Crippen molar-refractivity contribution in [2.75, 3.05) is 6.26 Å². The van der Waals surface area contributed by atoms with Crippen LogP contribution < -0.4 is 5.32 Å². The van der Waals surface area contributed by atoms with Gasteiger partial charge in [-0.2, -0.15) is 0 Å². The molecule has 4 nitrogen and oxygen atoms in total. The predicted octanol–water partition coefficient (Wildman–Crippen LogP) is 2.87. The van der Waals surface area contributed by atoms with Crippen molar-refractivity contribution in [3.63, 3.8) is 0 Å². The molecule has 4 aliphatic carbocycles. The van der Waals surface area contributed by atoms with E-state index < -0.39 is 5.97 Å². The van der Waals surface area contributed by atoms with Gasteiger partial charge in [0.05, 0.1) is 6.42 Å². The molecule has 0 radical (unpaired) electrons. The number of amides is 1. The Labute approximate surface area is 117 Å². The minimum Gasteiger partial charge on any atom is -0.481 e. The normalized spacial score (nSPS) is 43.2. The monoisotopic (exact) mass is 283 g/mol. The SMILES string of the molecule is CSC(=O)NC12C[C@@H]3C[C@H](CC(CC(=O)O)(C3)C1)C2. The smallest absolute Gasteiger partial charge is 0.303 e. The average Bonchev–Trinajstić information content (AvgIpc) is 2.24. The van der Waals surface area contributed by atoms with Gasteiger partial charge in [-0.25, -0.2) is 0 Å². The van der Waals surface area contributed by atoms with Gasteiger partial charge in [-0.3, -0.25) is 9.59 Å². The molecule has 2 atom stereocenters. The van der Waals surface area contributed by atoms with Crippen molar-refractivity contribution >= 4 is 23.0 Å². The lowest BCUT2D eigenvalue weighted by molar-refractivity contribution is -0.147. The largest absolute Gasteiger partial charge is 0.481 e. The molecule has 0 aromatic rings. The zero-order valence-electron chi connectivity index (χ0n) is 11.3. The highest BCUT2D eigenvalue weighted by atomic mass is 32.2. The summed E-state index contributed by atoms with van der Waals surface area (Å²) in [4.78, 5) is 22.9. The van der Waals surface area contributed by atoms with Gasteiger partial charge < -0.3 is 10.4 Å². The van der Waals surface area contributed by atoms with Crippen LogP contribution in [-0.2, 0) is 4.79 Å². The highest BCUT2D eigenvalue weighted by Crippen LogP contribution is 2.62. The highest BCUT2D eigenvalue weighted by Gasteiger charge is 2.58. The lowest BCUT2D eigenvalue weighted by atomic mass is 9.46. The van der Waals surface area contributed by atoms with E-state index in [0.29, 0.717) is 11.8 Å². The summed E-state index contributed by atoms with van der Waals surface area (Å²) in [5.41, 5.74) is -0.165. The molecule has 106 valence electrons. The van der Waals surface area contributed by atoms with Crippen LogP contribution >= 0.6 is 11.8 Å². The van der Waals surface area contributed by atoms with E-state index in [0.717, 1.165) is 32.1 Å². The van der Waals surface area contributed by atoms with Gasteiger partial charge in [0, 0.05) is 5.54 Å². The quantitative estimate of drug-likeness (QED) is 0.836. The molecule has 2 N–H and O–H groups in total. The van der Waals surface area contributed by atoms with Crippen LogP contribution in [0.1, 0.15) is 44.9 Å². The molecule has 0 heterocycles. The molecule has 0 unspecified atom stereocenters. The Morgan fingerprint density at radius 3 is 2.42 bits per heavy atom. The Morgan fingerprint density at radius 1 is 1.26 bits per heavy atom. The van der Waals surface area contributed by atoms with E-state index in [2.05, 4.69) is 5.32 Å². The van der Waals surface area contributed by atoms with Crippen molar-refractivity contribution in [2.24, 2.45) is 17.3 Å². The van der Waals surface area contributed by atoms with Crippen molar-refractivity contribution in [1.29, 1.82) is 0 Å². The summed E-state index contributed by atoms with van der Waals surface area (Å²) >= 11 is 1.22. The third kappa shape index (κ3) is 2.37. The predicted molar refractivity (Wildman–Crippen MR) is 74.1 cm³/mol. The summed E-state index contributed by atoms with van der Waals surface area (Å²) in [5, 5.41) is 12.4. The number of carbonyl (C=O) groups is 2. The van der Waals surface area contributed by atoms with E-state index in [1.54, 1.807) is 6.26 Å². The molecule has 4 bridgehead atoms. The highest BCUT2D eigenvalue weighted by molar-refractivity contribution is 8.12. The second-order valence-electron chi connectivity index (χ2n) is 6.93. The van der Waals surface area contributed by atoms with E-state index in [1.807, 2.05) is 0 Å². The van der Waals surface area contributed by atoms with E-state index in [1.165, 1.54) is 18.2 Å². The molecule has 0 saturated heterocycles.